The third-order valence-electron chi connectivity index (χ3n) is 3.08. The molecule has 0 bridgehead atoms. The van der Waals surface area contributed by atoms with Crippen LogP contribution in [0, 0.1) is 5.92 Å². The molecule has 1 atom stereocenters. The van der Waals surface area contributed by atoms with Crippen molar-refractivity contribution in [1.29, 1.82) is 0 Å². The molecule has 5 nitrogen and oxygen atoms in total. The van der Waals surface area contributed by atoms with E-state index in [4.69, 9.17) is 5.11 Å². The van der Waals surface area contributed by atoms with Gasteiger partial charge in [-0.2, -0.15) is 0 Å². The maximum absolute atomic E-state index is 11.5. The summed E-state index contributed by atoms with van der Waals surface area (Å²) in [5.41, 5.74) is 0. The van der Waals surface area contributed by atoms with Gasteiger partial charge in [0, 0.05) is 32.5 Å². The number of nitrogens with zero attached hydrogens (tertiary/aromatic N) is 1. The van der Waals surface area contributed by atoms with Gasteiger partial charge < -0.3 is 5.11 Å². The molecule has 0 amide bonds. The minimum absolute atomic E-state index is 0.0336. The van der Waals surface area contributed by atoms with Crippen LogP contribution in [-0.2, 0) is 14.8 Å². The third kappa shape index (κ3) is 5.14. The summed E-state index contributed by atoms with van der Waals surface area (Å²) in [7, 11) is -3.13. The van der Waals surface area contributed by atoms with Gasteiger partial charge in [-0.15, -0.1) is 0 Å². The van der Waals surface area contributed by atoms with Gasteiger partial charge in [-0.3, -0.25) is 4.79 Å². The minimum Gasteiger partial charge on any atom is -0.396 e. The molecule has 0 radical (unpaired) electrons. The number of ketones is 1. The molecule has 1 aliphatic rings. The topological polar surface area (TPSA) is 74.7 Å². The molecular formula is C11H21NO4S. The summed E-state index contributed by atoms with van der Waals surface area (Å²) in [5, 5.41) is 8.63. The monoisotopic (exact) mass is 263 g/mol. The zero-order chi connectivity index (χ0) is 12.9. The number of aliphatic hydroxyl groups is 1. The van der Waals surface area contributed by atoms with E-state index in [1.54, 1.807) is 0 Å². The molecule has 0 saturated carbocycles. The molecule has 0 aliphatic carbocycles. The highest BCUT2D eigenvalue weighted by Gasteiger charge is 2.26. The smallest absolute Gasteiger partial charge is 0.211 e. The minimum atomic E-state index is -3.13. The molecule has 1 saturated heterocycles. The van der Waals surface area contributed by atoms with Crippen LogP contribution in [0.3, 0.4) is 0 Å². The van der Waals surface area contributed by atoms with Crippen molar-refractivity contribution in [2.45, 2.75) is 32.1 Å². The molecule has 100 valence electrons. The molecule has 0 aromatic carbocycles. The predicted molar refractivity (Wildman–Crippen MR) is 65.1 cm³/mol. The van der Waals surface area contributed by atoms with Gasteiger partial charge >= 0.3 is 0 Å². The molecular weight excluding hydrogens is 242 g/mol. The van der Waals surface area contributed by atoms with E-state index in [1.807, 2.05) is 0 Å². The summed E-state index contributed by atoms with van der Waals surface area (Å²) in [6.45, 7) is 1.07. The molecule has 1 fully saturated rings. The highest BCUT2D eigenvalue weighted by molar-refractivity contribution is 7.88. The summed E-state index contributed by atoms with van der Waals surface area (Å²) >= 11 is 0. The van der Waals surface area contributed by atoms with Crippen LogP contribution >= 0.6 is 0 Å². The Labute approximate surface area is 103 Å². The molecule has 17 heavy (non-hydrogen) atoms. The molecule has 1 heterocycles. The largest absolute Gasteiger partial charge is 0.396 e. The lowest BCUT2D eigenvalue weighted by molar-refractivity contribution is -0.120. The number of Topliss-reactive ketones (excluding diaryl/α,β-unsaturated/α-hetero) is 1. The molecule has 1 aliphatic heterocycles. The standard InChI is InChI=1S/C11H21NO4S/c1-17(15,16)12-6-2-4-10(9-12)8-11(14)5-3-7-13/h10,13H,2-9H2,1H3. The van der Waals surface area contributed by atoms with Crippen molar-refractivity contribution >= 4 is 15.8 Å². The van der Waals surface area contributed by atoms with Gasteiger partial charge in [-0.05, 0) is 25.2 Å². The Kier molecular flexibility index (Phi) is 5.55. The maximum Gasteiger partial charge on any atom is 0.211 e. The van der Waals surface area contributed by atoms with Crippen molar-refractivity contribution in [2.24, 2.45) is 5.92 Å². The van der Waals surface area contributed by atoms with Crippen LogP contribution in [0.1, 0.15) is 32.1 Å². The van der Waals surface area contributed by atoms with Crippen molar-refractivity contribution in [1.82, 2.24) is 4.31 Å². The van der Waals surface area contributed by atoms with E-state index in [0.717, 1.165) is 12.8 Å². The van der Waals surface area contributed by atoms with Crippen molar-refractivity contribution in [3.63, 3.8) is 0 Å². The summed E-state index contributed by atoms with van der Waals surface area (Å²) in [4.78, 5) is 11.5. The second-order valence-corrected chi connectivity index (χ2v) is 6.68. The van der Waals surface area contributed by atoms with Crippen LogP contribution in [-0.4, -0.2) is 49.6 Å². The molecule has 0 aromatic rings. The van der Waals surface area contributed by atoms with Gasteiger partial charge in [0.1, 0.15) is 5.78 Å². The van der Waals surface area contributed by atoms with Crippen molar-refractivity contribution in [2.75, 3.05) is 26.0 Å². The number of sulfonamides is 1. The lowest BCUT2D eigenvalue weighted by atomic mass is 9.93. The average Bonchev–Trinajstić information content (AvgIpc) is 2.25. The van der Waals surface area contributed by atoms with Crippen LogP contribution in [0.15, 0.2) is 0 Å². The first kappa shape index (κ1) is 14.6. The highest BCUT2D eigenvalue weighted by Crippen LogP contribution is 2.22. The quantitative estimate of drug-likeness (QED) is 0.752. The first-order valence-electron chi connectivity index (χ1n) is 6.01. The summed E-state index contributed by atoms with van der Waals surface area (Å²) in [5.74, 6) is 0.268. The molecule has 6 heteroatoms. The van der Waals surface area contributed by atoms with Crippen molar-refractivity contribution in [3.8, 4) is 0 Å². The zero-order valence-electron chi connectivity index (χ0n) is 10.3. The van der Waals surface area contributed by atoms with Crippen LogP contribution in [0.5, 0.6) is 0 Å². The number of rotatable bonds is 6. The predicted octanol–water partition coefficient (Wildman–Crippen LogP) is 0.390. The number of carbonyl (C=O) groups excluding carboxylic acids is 1. The highest BCUT2D eigenvalue weighted by atomic mass is 32.2. The number of aliphatic hydroxyl groups excluding tert-OH is 1. The van der Waals surface area contributed by atoms with Crippen LogP contribution in [0.4, 0.5) is 0 Å². The van der Waals surface area contributed by atoms with Crippen molar-refractivity contribution in [3.05, 3.63) is 0 Å². The van der Waals surface area contributed by atoms with Crippen LogP contribution < -0.4 is 0 Å². The Bertz CT molecular complexity index is 352. The van der Waals surface area contributed by atoms with E-state index in [0.29, 0.717) is 32.4 Å². The Morgan fingerprint density at radius 1 is 1.47 bits per heavy atom. The molecule has 1 unspecified atom stereocenters. The Morgan fingerprint density at radius 3 is 2.76 bits per heavy atom. The van der Waals surface area contributed by atoms with E-state index >= 15 is 0 Å². The number of piperidine rings is 1. The van der Waals surface area contributed by atoms with Gasteiger partial charge in [0.25, 0.3) is 0 Å². The maximum atomic E-state index is 11.5. The molecule has 1 rings (SSSR count). The van der Waals surface area contributed by atoms with E-state index in [2.05, 4.69) is 0 Å². The Balaban J connectivity index is 2.42. The van der Waals surface area contributed by atoms with Gasteiger partial charge in [0.15, 0.2) is 0 Å². The zero-order valence-corrected chi connectivity index (χ0v) is 11.1. The number of hydrogen-bond acceptors (Lipinski definition) is 4. The lowest BCUT2D eigenvalue weighted by Crippen LogP contribution is -2.39. The van der Waals surface area contributed by atoms with E-state index < -0.39 is 10.0 Å². The molecule has 1 N–H and O–H groups in total. The number of hydrogen-bond donors (Lipinski definition) is 1. The van der Waals surface area contributed by atoms with Gasteiger partial charge in [0.2, 0.25) is 10.0 Å². The Morgan fingerprint density at radius 2 is 2.18 bits per heavy atom. The van der Waals surface area contributed by atoms with E-state index in [1.165, 1.54) is 10.6 Å². The first-order chi connectivity index (χ1) is 7.93. The summed E-state index contributed by atoms with van der Waals surface area (Å²) in [6, 6.07) is 0. The number of carbonyl (C=O) groups is 1. The van der Waals surface area contributed by atoms with Crippen LogP contribution in [0.25, 0.3) is 0 Å². The van der Waals surface area contributed by atoms with E-state index in [9.17, 15) is 13.2 Å². The van der Waals surface area contributed by atoms with Crippen molar-refractivity contribution < 1.29 is 18.3 Å². The fourth-order valence-corrected chi connectivity index (χ4v) is 3.14. The third-order valence-corrected chi connectivity index (χ3v) is 4.35. The molecule has 0 spiro atoms. The molecule has 0 aromatic heterocycles. The lowest BCUT2D eigenvalue weighted by Gasteiger charge is -2.30. The second kappa shape index (κ2) is 6.47. The van der Waals surface area contributed by atoms with E-state index in [-0.39, 0.29) is 18.3 Å². The average molecular weight is 263 g/mol. The Hall–Kier alpha value is -0.460. The SMILES string of the molecule is CS(=O)(=O)N1CCCC(CC(=O)CCCO)C1. The van der Waals surface area contributed by atoms with Gasteiger partial charge in [0.05, 0.1) is 6.26 Å². The van der Waals surface area contributed by atoms with Gasteiger partial charge in [-0.1, -0.05) is 0 Å². The van der Waals surface area contributed by atoms with Crippen LogP contribution in [0.2, 0.25) is 0 Å². The fraction of sp³-hybridized carbons (Fsp3) is 0.909. The summed E-state index contributed by atoms with van der Waals surface area (Å²) in [6.07, 6.45) is 4.28. The fourth-order valence-electron chi connectivity index (χ4n) is 2.19. The second-order valence-electron chi connectivity index (χ2n) is 4.70. The summed E-state index contributed by atoms with van der Waals surface area (Å²) < 4.78 is 24.3. The normalized spacial score (nSPS) is 22.6. The van der Waals surface area contributed by atoms with Gasteiger partial charge in [-0.25, -0.2) is 12.7 Å². The first-order valence-corrected chi connectivity index (χ1v) is 7.86.